The molecule has 380 valence electrons. The predicted molar refractivity (Wildman–Crippen MR) is 261 cm³/mol. The smallest absolute Gasteiger partial charge is 0.306 e. The molecule has 1 aliphatic rings. The van der Waals surface area contributed by atoms with Crippen LogP contribution in [0.25, 0.3) is 0 Å². The summed E-state index contributed by atoms with van der Waals surface area (Å²) in [5.41, 5.74) is 0. The van der Waals surface area contributed by atoms with Crippen molar-refractivity contribution in [2.45, 2.75) is 314 Å². The lowest BCUT2D eigenvalue weighted by Gasteiger charge is -2.39. The highest BCUT2D eigenvalue weighted by Crippen LogP contribution is 2.23. The molecule has 0 saturated carbocycles. The van der Waals surface area contributed by atoms with Crippen LogP contribution in [0.4, 0.5) is 0 Å². The third-order valence-electron chi connectivity index (χ3n) is 13.2. The maximum absolute atomic E-state index is 12.8. The number of unbranched alkanes of at least 4 members (excludes halogenated alkanes) is 37. The van der Waals surface area contributed by atoms with E-state index in [1.54, 1.807) is 0 Å². The Balaban J connectivity index is 2.20. The van der Waals surface area contributed by atoms with E-state index in [4.69, 9.17) is 18.9 Å². The first-order valence-electron chi connectivity index (χ1n) is 27.6. The summed E-state index contributed by atoms with van der Waals surface area (Å²) in [6, 6.07) is 0. The monoisotopic (exact) mass is 913 g/mol. The molecule has 4 N–H and O–H groups in total. The van der Waals surface area contributed by atoms with Crippen molar-refractivity contribution in [2.75, 3.05) is 19.8 Å². The minimum atomic E-state index is -1.59. The Bertz CT molecular complexity index is 1010. The van der Waals surface area contributed by atoms with Gasteiger partial charge in [0.05, 0.1) is 13.2 Å². The van der Waals surface area contributed by atoms with Gasteiger partial charge in [-0.05, 0) is 12.8 Å². The number of hydrogen-bond acceptors (Lipinski definition) is 10. The number of ether oxygens (including phenoxy) is 4. The van der Waals surface area contributed by atoms with Crippen LogP contribution in [0.15, 0.2) is 0 Å². The van der Waals surface area contributed by atoms with Crippen LogP contribution in [-0.2, 0) is 28.5 Å². The zero-order valence-electron chi connectivity index (χ0n) is 41.8. The van der Waals surface area contributed by atoms with Gasteiger partial charge in [-0.3, -0.25) is 9.59 Å². The zero-order chi connectivity index (χ0) is 46.6. The molecule has 10 nitrogen and oxygen atoms in total. The molecule has 0 radical (unpaired) electrons. The lowest BCUT2D eigenvalue weighted by Crippen LogP contribution is -2.59. The molecule has 1 saturated heterocycles. The molecule has 0 aliphatic carbocycles. The molecule has 1 rings (SSSR count). The van der Waals surface area contributed by atoms with Crippen molar-refractivity contribution >= 4 is 11.9 Å². The van der Waals surface area contributed by atoms with Crippen molar-refractivity contribution < 1.29 is 49.0 Å². The Morgan fingerprint density at radius 3 is 1.06 bits per heavy atom. The first-order chi connectivity index (χ1) is 31.3. The Hall–Kier alpha value is -1.30. The maximum atomic E-state index is 12.8. The SMILES string of the molecule is CCCCCCCCCCCCCCCCCCCCCCCC(=O)OC[C@@H](CO[C@H]1O[C@@H](CO)[C@@H](O)C(O)C1O)OC(=O)CCCCCCCCCCCCCCCCCCCC. The van der Waals surface area contributed by atoms with Crippen molar-refractivity contribution in [3.63, 3.8) is 0 Å². The van der Waals surface area contributed by atoms with Crippen molar-refractivity contribution in [1.29, 1.82) is 0 Å². The van der Waals surface area contributed by atoms with Gasteiger partial charge >= 0.3 is 11.9 Å². The summed E-state index contributed by atoms with van der Waals surface area (Å²) in [6.45, 7) is 3.49. The predicted octanol–water partition coefficient (Wildman–Crippen LogP) is 13.3. The van der Waals surface area contributed by atoms with Crippen molar-refractivity contribution in [1.82, 2.24) is 0 Å². The van der Waals surface area contributed by atoms with E-state index in [1.807, 2.05) is 0 Å². The van der Waals surface area contributed by atoms with Gasteiger partial charge in [-0.1, -0.05) is 251 Å². The van der Waals surface area contributed by atoms with E-state index < -0.39 is 49.4 Å². The second-order valence-electron chi connectivity index (χ2n) is 19.4. The summed E-state index contributed by atoms with van der Waals surface area (Å²) in [5, 5.41) is 40.2. The van der Waals surface area contributed by atoms with Crippen molar-refractivity contribution in [2.24, 2.45) is 0 Å². The molecule has 6 atom stereocenters. The second-order valence-corrected chi connectivity index (χ2v) is 19.4. The van der Waals surface area contributed by atoms with E-state index >= 15 is 0 Å². The fourth-order valence-electron chi connectivity index (χ4n) is 8.90. The molecule has 2 unspecified atom stereocenters. The first-order valence-corrected chi connectivity index (χ1v) is 27.6. The minimum Gasteiger partial charge on any atom is -0.462 e. The van der Waals surface area contributed by atoms with Crippen LogP contribution in [0.2, 0.25) is 0 Å². The van der Waals surface area contributed by atoms with E-state index in [1.165, 1.54) is 205 Å². The normalized spacial score (nSPS) is 19.2. The number of carbonyl (C=O) groups excluding carboxylic acids is 2. The summed E-state index contributed by atoms with van der Waals surface area (Å²) < 4.78 is 22.3. The van der Waals surface area contributed by atoms with Crippen molar-refractivity contribution in [3.05, 3.63) is 0 Å². The maximum Gasteiger partial charge on any atom is 0.306 e. The van der Waals surface area contributed by atoms with E-state index in [9.17, 15) is 30.0 Å². The Labute approximate surface area is 393 Å². The van der Waals surface area contributed by atoms with Crippen LogP contribution in [-0.4, -0.2) is 89.0 Å². The Morgan fingerprint density at radius 1 is 0.422 bits per heavy atom. The van der Waals surface area contributed by atoms with Gasteiger partial charge in [0.25, 0.3) is 0 Å². The van der Waals surface area contributed by atoms with Crippen LogP contribution < -0.4 is 0 Å². The third kappa shape index (κ3) is 35.8. The lowest BCUT2D eigenvalue weighted by atomic mass is 9.99. The molecule has 0 aromatic heterocycles. The highest BCUT2D eigenvalue weighted by molar-refractivity contribution is 5.70. The molecule has 64 heavy (non-hydrogen) atoms. The molecule has 10 heteroatoms. The Morgan fingerprint density at radius 2 is 0.734 bits per heavy atom. The van der Waals surface area contributed by atoms with Gasteiger partial charge in [-0.25, -0.2) is 0 Å². The first kappa shape index (κ1) is 60.7. The molecule has 1 heterocycles. The van der Waals surface area contributed by atoms with E-state index in [2.05, 4.69) is 13.8 Å². The summed E-state index contributed by atoms with van der Waals surface area (Å²) in [5.74, 6) is -0.783. The number of rotatable bonds is 48. The number of carbonyl (C=O) groups is 2. The number of aliphatic hydroxyl groups is 4. The van der Waals surface area contributed by atoms with E-state index in [-0.39, 0.29) is 32.0 Å². The molecule has 1 aliphatic heterocycles. The molecule has 0 amide bonds. The highest BCUT2D eigenvalue weighted by atomic mass is 16.7. The average molecular weight is 913 g/mol. The molecular weight excluding hydrogens is 809 g/mol. The van der Waals surface area contributed by atoms with E-state index in [0.717, 1.165) is 38.5 Å². The second kappa shape index (κ2) is 45.5. The largest absolute Gasteiger partial charge is 0.462 e. The van der Waals surface area contributed by atoms with Gasteiger partial charge < -0.3 is 39.4 Å². The minimum absolute atomic E-state index is 0.208. The van der Waals surface area contributed by atoms with Crippen LogP contribution in [0, 0.1) is 0 Å². The van der Waals surface area contributed by atoms with Crippen LogP contribution in [0.1, 0.15) is 277 Å². The summed E-state index contributed by atoms with van der Waals surface area (Å²) in [7, 11) is 0. The van der Waals surface area contributed by atoms with Gasteiger partial charge in [0.15, 0.2) is 12.4 Å². The molecule has 0 aromatic rings. The zero-order valence-corrected chi connectivity index (χ0v) is 41.8. The van der Waals surface area contributed by atoms with Gasteiger partial charge in [-0.15, -0.1) is 0 Å². The highest BCUT2D eigenvalue weighted by Gasteiger charge is 2.44. The molecular formula is C54H104O10. The van der Waals surface area contributed by atoms with Crippen molar-refractivity contribution in [3.8, 4) is 0 Å². The summed E-state index contributed by atoms with van der Waals surface area (Å²) in [6.07, 6.45) is 42.6. The fourth-order valence-corrected chi connectivity index (χ4v) is 8.90. The van der Waals surface area contributed by atoms with E-state index in [0.29, 0.717) is 6.42 Å². The quantitative estimate of drug-likeness (QED) is 0.0343. The Kier molecular flexibility index (Phi) is 43.1. The third-order valence-corrected chi connectivity index (χ3v) is 13.2. The molecule has 0 spiro atoms. The van der Waals surface area contributed by atoms with Crippen LogP contribution >= 0.6 is 0 Å². The summed E-state index contributed by atoms with van der Waals surface area (Å²) >= 11 is 0. The number of hydrogen-bond donors (Lipinski definition) is 4. The number of esters is 2. The van der Waals surface area contributed by atoms with Gasteiger partial charge in [-0.2, -0.15) is 0 Å². The van der Waals surface area contributed by atoms with Crippen LogP contribution in [0.5, 0.6) is 0 Å². The van der Waals surface area contributed by atoms with Gasteiger partial charge in [0, 0.05) is 12.8 Å². The molecule has 1 fully saturated rings. The fraction of sp³-hybridized carbons (Fsp3) is 0.963. The number of aliphatic hydroxyl groups excluding tert-OH is 4. The van der Waals surface area contributed by atoms with Crippen LogP contribution in [0.3, 0.4) is 0 Å². The standard InChI is InChI=1S/C54H104O10/c1-3-5-7-9-11-13-15-17-19-21-23-24-25-27-28-30-32-34-36-38-40-42-49(56)61-45-47(46-62-54-53(60)52(59)51(58)48(44-55)64-54)63-50(57)43-41-39-37-35-33-31-29-26-22-20-18-16-14-12-10-8-6-4-2/h47-48,51-55,58-60H,3-46H2,1-2H3/t47-,48-,51+,52?,53?,54-/m0/s1. The summed E-state index contributed by atoms with van der Waals surface area (Å²) in [4.78, 5) is 25.5. The van der Waals surface area contributed by atoms with Gasteiger partial charge in [0.2, 0.25) is 0 Å². The molecule has 0 bridgehead atoms. The van der Waals surface area contributed by atoms with Gasteiger partial charge in [0.1, 0.15) is 31.0 Å². The topological polar surface area (TPSA) is 152 Å². The average Bonchev–Trinajstić information content (AvgIpc) is 3.29. The molecule has 0 aromatic carbocycles. The lowest BCUT2D eigenvalue weighted by molar-refractivity contribution is -0.305.